The zero-order chi connectivity index (χ0) is 20.4. The van der Waals surface area contributed by atoms with E-state index in [9.17, 15) is 9.59 Å². The number of hydrogen-bond donors (Lipinski definition) is 1. The predicted molar refractivity (Wildman–Crippen MR) is 114 cm³/mol. The number of nitrogens with zero attached hydrogens (tertiary/aromatic N) is 1. The third-order valence-corrected chi connectivity index (χ3v) is 6.83. The van der Waals surface area contributed by atoms with Crippen LogP contribution < -0.4 is 5.32 Å². The fourth-order valence-corrected chi connectivity index (χ4v) is 4.83. The first kappa shape index (κ1) is 19.7. The van der Waals surface area contributed by atoms with Crippen LogP contribution in [0.4, 0.5) is 0 Å². The predicted octanol–water partition coefficient (Wildman–Crippen LogP) is 4.37. The second-order valence-electron chi connectivity index (χ2n) is 8.61. The summed E-state index contributed by atoms with van der Waals surface area (Å²) >= 11 is 0. The Morgan fingerprint density at radius 1 is 1.03 bits per heavy atom. The van der Waals surface area contributed by atoms with Crippen molar-refractivity contribution in [1.82, 2.24) is 10.2 Å². The molecule has 29 heavy (non-hydrogen) atoms. The van der Waals surface area contributed by atoms with E-state index in [0.717, 1.165) is 24.8 Å². The second-order valence-corrected chi connectivity index (χ2v) is 8.61. The van der Waals surface area contributed by atoms with Gasteiger partial charge in [-0.2, -0.15) is 0 Å². The number of benzene rings is 2. The highest BCUT2D eigenvalue weighted by atomic mass is 16.2. The molecule has 0 saturated heterocycles. The van der Waals surface area contributed by atoms with Crippen LogP contribution in [0.15, 0.2) is 54.6 Å². The smallest absolute Gasteiger partial charge is 0.255 e. The summed E-state index contributed by atoms with van der Waals surface area (Å²) in [5, 5.41) is 3.30. The van der Waals surface area contributed by atoms with E-state index in [1.54, 1.807) is 4.90 Å². The average Bonchev–Trinajstić information content (AvgIpc) is 3.03. The molecule has 0 radical (unpaired) electrons. The average molecular weight is 391 g/mol. The van der Waals surface area contributed by atoms with E-state index < -0.39 is 6.04 Å². The minimum atomic E-state index is -0.535. The summed E-state index contributed by atoms with van der Waals surface area (Å²) in [6.45, 7) is 5.03. The second kappa shape index (κ2) is 8.40. The number of rotatable bonds is 5. The van der Waals surface area contributed by atoms with Gasteiger partial charge in [0.05, 0.1) is 0 Å². The number of amides is 2. The fraction of sp³-hybridized carbons (Fsp3) is 0.440. The van der Waals surface area contributed by atoms with Crippen LogP contribution in [0.25, 0.3) is 0 Å². The van der Waals surface area contributed by atoms with Crippen molar-refractivity contribution in [2.45, 2.75) is 51.6 Å². The molecule has 4 nitrogen and oxygen atoms in total. The Balaban J connectivity index is 1.55. The van der Waals surface area contributed by atoms with Gasteiger partial charge in [0.2, 0.25) is 5.91 Å². The molecule has 0 spiro atoms. The lowest BCUT2D eigenvalue weighted by Crippen LogP contribution is -2.48. The Labute approximate surface area is 173 Å². The van der Waals surface area contributed by atoms with E-state index in [0.29, 0.717) is 23.9 Å². The number of carbonyl (C=O) groups excluding carboxylic acids is 2. The Kier molecular flexibility index (Phi) is 5.70. The van der Waals surface area contributed by atoms with E-state index in [2.05, 4.69) is 31.3 Å². The van der Waals surface area contributed by atoms with Gasteiger partial charge in [-0.3, -0.25) is 9.59 Å². The summed E-state index contributed by atoms with van der Waals surface area (Å²) in [6.07, 6.45) is 4.13. The van der Waals surface area contributed by atoms with Crippen LogP contribution in [0, 0.1) is 11.8 Å². The van der Waals surface area contributed by atoms with Gasteiger partial charge >= 0.3 is 0 Å². The molecule has 1 aliphatic heterocycles. The molecule has 0 unspecified atom stereocenters. The lowest BCUT2D eigenvalue weighted by atomic mass is 9.78. The number of hydrogen-bond acceptors (Lipinski definition) is 2. The van der Waals surface area contributed by atoms with Gasteiger partial charge in [-0.05, 0) is 41.9 Å². The van der Waals surface area contributed by atoms with Crippen LogP contribution >= 0.6 is 0 Å². The molecule has 0 bridgehead atoms. The first-order chi connectivity index (χ1) is 14.1. The molecule has 152 valence electrons. The molecule has 0 aromatic heterocycles. The molecule has 4 heteroatoms. The quantitative estimate of drug-likeness (QED) is 0.824. The zero-order valence-corrected chi connectivity index (χ0v) is 17.3. The van der Waals surface area contributed by atoms with Crippen LogP contribution in [0.3, 0.4) is 0 Å². The van der Waals surface area contributed by atoms with Gasteiger partial charge in [-0.15, -0.1) is 0 Å². The maximum atomic E-state index is 13.4. The summed E-state index contributed by atoms with van der Waals surface area (Å²) in [6, 6.07) is 17.3. The van der Waals surface area contributed by atoms with Crippen molar-refractivity contribution >= 4 is 11.8 Å². The monoisotopic (exact) mass is 390 g/mol. The molecular formula is C25H30N2O2. The van der Waals surface area contributed by atoms with Gasteiger partial charge in [-0.1, -0.05) is 75.2 Å². The van der Waals surface area contributed by atoms with Crippen molar-refractivity contribution in [3.63, 3.8) is 0 Å². The normalized spacial score (nSPS) is 26.3. The molecule has 1 N–H and O–H groups in total. The highest BCUT2D eigenvalue weighted by Gasteiger charge is 2.41. The van der Waals surface area contributed by atoms with Crippen molar-refractivity contribution in [2.24, 2.45) is 11.8 Å². The van der Waals surface area contributed by atoms with E-state index >= 15 is 0 Å². The first-order valence-corrected chi connectivity index (χ1v) is 10.8. The van der Waals surface area contributed by atoms with Crippen LogP contribution in [0.1, 0.15) is 60.6 Å². The Morgan fingerprint density at radius 3 is 2.55 bits per heavy atom. The Hall–Kier alpha value is -2.62. The van der Waals surface area contributed by atoms with Gasteiger partial charge in [-0.25, -0.2) is 0 Å². The summed E-state index contributed by atoms with van der Waals surface area (Å²) in [4.78, 5) is 28.2. The molecular weight excluding hydrogens is 360 g/mol. The molecule has 2 aliphatic rings. The van der Waals surface area contributed by atoms with Crippen LogP contribution in [0.2, 0.25) is 0 Å². The highest BCUT2D eigenvalue weighted by Crippen LogP contribution is 2.35. The molecule has 2 aromatic rings. The van der Waals surface area contributed by atoms with Crippen molar-refractivity contribution in [3.8, 4) is 0 Å². The first-order valence-electron chi connectivity index (χ1n) is 10.8. The summed E-state index contributed by atoms with van der Waals surface area (Å²) in [7, 11) is 0. The van der Waals surface area contributed by atoms with Gasteiger partial charge < -0.3 is 10.2 Å². The van der Waals surface area contributed by atoms with Gasteiger partial charge in [0.25, 0.3) is 5.91 Å². The third-order valence-electron chi connectivity index (χ3n) is 6.83. The van der Waals surface area contributed by atoms with Gasteiger partial charge in [0.1, 0.15) is 6.04 Å². The van der Waals surface area contributed by atoms with Gasteiger partial charge in [0.15, 0.2) is 0 Å². The molecule has 2 amide bonds. The molecule has 1 fully saturated rings. The third kappa shape index (κ3) is 3.93. The summed E-state index contributed by atoms with van der Waals surface area (Å²) < 4.78 is 0. The molecule has 1 saturated carbocycles. The maximum absolute atomic E-state index is 13.4. The van der Waals surface area contributed by atoms with Gasteiger partial charge in [0, 0.05) is 18.2 Å². The molecule has 1 aliphatic carbocycles. The topological polar surface area (TPSA) is 49.4 Å². The van der Waals surface area contributed by atoms with E-state index in [-0.39, 0.29) is 17.9 Å². The largest absolute Gasteiger partial charge is 0.351 e. The Morgan fingerprint density at radius 2 is 1.76 bits per heavy atom. The highest BCUT2D eigenvalue weighted by molar-refractivity contribution is 6.04. The van der Waals surface area contributed by atoms with Crippen molar-refractivity contribution < 1.29 is 9.59 Å². The standard InChI is InChI=1S/C25H30N2O2/c1-17-9-8-14-22(18(17)2)26-24(28)23-20-12-6-7-13-21(20)25(29)27(23)16-15-19-10-4-3-5-11-19/h3-7,10-13,17-18,22-23H,8-9,14-16H2,1-2H3,(H,26,28)/t17-,18-,22+,23+/m1/s1. The summed E-state index contributed by atoms with van der Waals surface area (Å²) in [5.41, 5.74) is 2.66. The van der Waals surface area contributed by atoms with Crippen LogP contribution in [-0.4, -0.2) is 29.3 Å². The maximum Gasteiger partial charge on any atom is 0.255 e. The molecule has 4 rings (SSSR count). The number of nitrogens with one attached hydrogen (secondary N) is 1. The van der Waals surface area contributed by atoms with Crippen LogP contribution in [-0.2, 0) is 11.2 Å². The lowest BCUT2D eigenvalue weighted by Gasteiger charge is -2.36. The van der Waals surface area contributed by atoms with E-state index in [1.807, 2.05) is 42.5 Å². The summed E-state index contributed by atoms with van der Waals surface area (Å²) in [5.74, 6) is 0.989. The van der Waals surface area contributed by atoms with E-state index in [1.165, 1.54) is 12.0 Å². The SMILES string of the molecule is C[C@@H]1[C@H](C)CCC[C@@H]1NC(=O)[C@@H]1c2ccccc2C(=O)N1CCc1ccccc1. The molecule has 2 aromatic carbocycles. The number of carbonyl (C=O) groups is 2. The lowest BCUT2D eigenvalue weighted by molar-refractivity contribution is -0.127. The molecule has 4 atom stereocenters. The molecule has 1 heterocycles. The number of fused-ring (bicyclic) bond motifs is 1. The minimum absolute atomic E-state index is 0.0395. The van der Waals surface area contributed by atoms with Crippen molar-refractivity contribution in [2.75, 3.05) is 6.54 Å². The fourth-order valence-electron chi connectivity index (χ4n) is 4.83. The Bertz CT molecular complexity index is 879. The van der Waals surface area contributed by atoms with E-state index in [4.69, 9.17) is 0 Å². The van der Waals surface area contributed by atoms with Crippen LogP contribution in [0.5, 0.6) is 0 Å². The minimum Gasteiger partial charge on any atom is -0.351 e. The van der Waals surface area contributed by atoms with Crippen molar-refractivity contribution in [3.05, 3.63) is 71.3 Å². The van der Waals surface area contributed by atoms with Crippen molar-refractivity contribution in [1.29, 1.82) is 0 Å². The zero-order valence-electron chi connectivity index (χ0n) is 17.3.